The van der Waals surface area contributed by atoms with Crippen molar-refractivity contribution >= 4 is 38.7 Å². The number of piperazine rings is 1. The van der Waals surface area contributed by atoms with E-state index in [2.05, 4.69) is 55.0 Å². The Labute approximate surface area is 150 Å². The molecule has 3 aromatic rings. The highest BCUT2D eigenvalue weighted by molar-refractivity contribution is 7.17. The van der Waals surface area contributed by atoms with Crippen LogP contribution in [0.15, 0.2) is 35.3 Å². The summed E-state index contributed by atoms with van der Waals surface area (Å²) in [5.41, 5.74) is 1.02. The van der Waals surface area contributed by atoms with E-state index < -0.39 is 0 Å². The fourth-order valence-electron chi connectivity index (χ4n) is 3.13. The van der Waals surface area contributed by atoms with Crippen LogP contribution >= 0.6 is 22.7 Å². The Morgan fingerprint density at radius 1 is 1.12 bits per heavy atom. The molecule has 0 bridgehead atoms. The van der Waals surface area contributed by atoms with Crippen LogP contribution < -0.4 is 5.32 Å². The topological polar surface area (TPSA) is 44.3 Å². The van der Waals surface area contributed by atoms with Gasteiger partial charge in [0.15, 0.2) is 0 Å². The third kappa shape index (κ3) is 3.30. The van der Waals surface area contributed by atoms with Gasteiger partial charge in [0, 0.05) is 37.6 Å². The molecule has 0 aliphatic carbocycles. The standard InChI is InChI=1S/C17H21N5S2/c1-21-5-7-22(8-6-21)14(15-3-2-9-23-15)11-18-17-16-13(4-10-24-16)19-12-20-17/h2-4,9-10,12,14H,5-8,11H2,1H3,(H,18,19,20)/t14-/m1/s1. The summed E-state index contributed by atoms with van der Waals surface area (Å²) < 4.78 is 1.14. The maximum Gasteiger partial charge on any atom is 0.147 e. The van der Waals surface area contributed by atoms with E-state index in [4.69, 9.17) is 0 Å². The van der Waals surface area contributed by atoms with Gasteiger partial charge < -0.3 is 10.2 Å². The Hall–Kier alpha value is -1.54. The van der Waals surface area contributed by atoms with Crippen LogP contribution in [0.3, 0.4) is 0 Å². The van der Waals surface area contributed by atoms with E-state index in [0.717, 1.165) is 48.8 Å². The zero-order valence-corrected chi connectivity index (χ0v) is 15.3. The molecule has 0 amide bonds. The lowest BCUT2D eigenvalue weighted by atomic mass is 10.1. The van der Waals surface area contributed by atoms with E-state index in [-0.39, 0.29) is 0 Å². The van der Waals surface area contributed by atoms with Gasteiger partial charge in [-0.2, -0.15) is 0 Å². The number of anilines is 1. The molecule has 126 valence electrons. The van der Waals surface area contributed by atoms with Crippen LogP contribution in [0.2, 0.25) is 0 Å². The number of rotatable bonds is 5. The zero-order chi connectivity index (χ0) is 16.4. The summed E-state index contributed by atoms with van der Waals surface area (Å²) in [4.78, 5) is 15.2. The Morgan fingerprint density at radius 2 is 2.00 bits per heavy atom. The van der Waals surface area contributed by atoms with Crippen LogP contribution in [-0.4, -0.2) is 59.5 Å². The van der Waals surface area contributed by atoms with Crippen LogP contribution in [0.4, 0.5) is 5.82 Å². The van der Waals surface area contributed by atoms with Crippen LogP contribution in [0.1, 0.15) is 10.9 Å². The molecule has 4 rings (SSSR count). The zero-order valence-electron chi connectivity index (χ0n) is 13.7. The number of thiophene rings is 2. The molecule has 0 unspecified atom stereocenters. The molecule has 7 heteroatoms. The van der Waals surface area contributed by atoms with Crippen LogP contribution in [0.5, 0.6) is 0 Å². The van der Waals surface area contributed by atoms with Crippen LogP contribution in [0.25, 0.3) is 10.2 Å². The second-order valence-electron chi connectivity index (χ2n) is 6.11. The van der Waals surface area contributed by atoms with Gasteiger partial charge in [-0.25, -0.2) is 9.97 Å². The van der Waals surface area contributed by atoms with E-state index >= 15 is 0 Å². The van der Waals surface area contributed by atoms with E-state index in [9.17, 15) is 0 Å². The SMILES string of the molecule is CN1CCN([C@H](CNc2ncnc3ccsc23)c2cccs2)CC1. The van der Waals surface area contributed by atoms with Crippen molar-refractivity contribution in [2.75, 3.05) is 45.1 Å². The fraction of sp³-hybridized carbons (Fsp3) is 0.412. The lowest BCUT2D eigenvalue weighted by Crippen LogP contribution is -2.47. The summed E-state index contributed by atoms with van der Waals surface area (Å²) in [6.45, 7) is 5.35. The molecule has 1 aliphatic heterocycles. The number of aromatic nitrogens is 2. The molecule has 1 fully saturated rings. The Bertz CT molecular complexity index is 777. The molecule has 1 aliphatic rings. The smallest absolute Gasteiger partial charge is 0.147 e. The molecule has 1 saturated heterocycles. The third-order valence-corrected chi connectivity index (χ3v) is 6.44. The first-order valence-corrected chi connectivity index (χ1v) is 9.95. The van der Waals surface area contributed by atoms with Gasteiger partial charge in [0.2, 0.25) is 0 Å². The molecular formula is C17H21N5S2. The van der Waals surface area contributed by atoms with E-state index in [1.54, 1.807) is 17.7 Å². The molecule has 0 spiro atoms. The number of nitrogens with zero attached hydrogens (tertiary/aromatic N) is 4. The summed E-state index contributed by atoms with van der Waals surface area (Å²) in [6.07, 6.45) is 1.65. The Morgan fingerprint density at radius 3 is 2.79 bits per heavy atom. The second kappa shape index (κ2) is 7.14. The Kier molecular flexibility index (Phi) is 4.75. The predicted octanol–water partition coefficient (Wildman–Crippen LogP) is 3.15. The quantitative estimate of drug-likeness (QED) is 0.758. The number of fused-ring (bicyclic) bond motifs is 1. The van der Waals surface area contributed by atoms with Crippen molar-refractivity contribution in [1.29, 1.82) is 0 Å². The van der Waals surface area contributed by atoms with Gasteiger partial charge in [0.05, 0.1) is 16.3 Å². The molecular weight excluding hydrogens is 338 g/mol. The highest BCUT2D eigenvalue weighted by atomic mass is 32.1. The average Bonchev–Trinajstić information content (AvgIpc) is 3.28. The molecule has 0 aromatic carbocycles. The summed E-state index contributed by atoms with van der Waals surface area (Å²) in [7, 11) is 2.20. The van der Waals surface area contributed by atoms with Gasteiger partial charge in [0.1, 0.15) is 12.1 Å². The number of hydrogen-bond acceptors (Lipinski definition) is 7. The highest BCUT2D eigenvalue weighted by Crippen LogP contribution is 2.29. The Balaban J connectivity index is 1.53. The molecule has 24 heavy (non-hydrogen) atoms. The molecule has 1 atom stereocenters. The first kappa shape index (κ1) is 16.0. The van der Waals surface area contributed by atoms with Gasteiger partial charge in [-0.1, -0.05) is 6.07 Å². The van der Waals surface area contributed by atoms with Crippen LogP contribution in [-0.2, 0) is 0 Å². The lowest BCUT2D eigenvalue weighted by molar-refractivity contribution is 0.118. The minimum atomic E-state index is 0.392. The maximum absolute atomic E-state index is 4.45. The highest BCUT2D eigenvalue weighted by Gasteiger charge is 2.24. The minimum absolute atomic E-state index is 0.392. The normalized spacial score (nSPS) is 18.0. The van der Waals surface area contributed by atoms with Crippen molar-refractivity contribution in [3.8, 4) is 0 Å². The first-order chi connectivity index (χ1) is 11.8. The van der Waals surface area contributed by atoms with E-state index in [0.29, 0.717) is 6.04 Å². The number of likely N-dealkylation sites (N-methyl/N-ethyl adjacent to an activating group) is 1. The summed E-state index contributed by atoms with van der Waals surface area (Å²) in [5, 5.41) is 7.82. The van der Waals surface area contributed by atoms with Gasteiger partial charge in [-0.3, -0.25) is 4.90 Å². The first-order valence-electron chi connectivity index (χ1n) is 8.19. The predicted molar refractivity (Wildman–Crippen MR) is 102 cm³/mol. The molecule has 3 aromatic heterocycles. The van der Waals surface area contributed by atoms with Gasteiger partial charge in [0.25, 0.3) is 0 Å². The lowest BCUT2D eigenvalue weighted by Gasteiger charge is -2.37. The van der Waals surface area contributed by atoms with Crippen molar-refractivity contribution < 1.29 is 0 Å². The van der Waals surface area contributed by atoms with Crippen molar-refractivity contribution in [1.82, 2.24) is 19.8 Å². The number of hydrogen-bond donors (Lipinski definition) is 1. The maximum atomic E-state index is 4.45. The van der Waals surface area contributed by atoms with Gasteiger partial charge >= 0.3 is 0 Å². The van der Waals surface area contributed by atoms with Gasteiger partial charge in [-0.05, 0) is 29.9 Å². The summed E-state index contributed by atoms with van der Waals surface area (Å²) in [5.74, 6) is 0.950. The van der Waals surface area contributed by atoms with Crippen molar-refractivity contribution in [3.63, 3.8) is 0 Å². The number of nitrogens with one attached hydrogen (secondary N) is 1. The molecule has 4 heterocycles. The summed E-state index contributed by atoms with van der Waals surface area (Å²) in [6, 6.07) is 6.83. The van der Waals surface area contributed by atoms with Crippen molar-refractivity contribution in [2.24, 2.45) is 0 Å². The average molecular weight is 360 g/mol. The molecule has 1 N–H and O–H groups in total. The molecule has 0 saturated carbocycles. The van der Waals surface area contributed by atoms with Gasteiger partial charge in [-0.15, -0.1) is 22.7 Å². The van der Waals surface area contributed by atoms with E-state index in [1.807, 2.05) is 17.4 Å². The monoisotopic (exact) mass is 359 g/mol. The molecule has 0 radical (unpaired) electrons. The third-order valence-electron chi connectivity index (χ3n) is 4.56. The van der Waals surface area contributed by atoms with E-state index in [1.165, 1.54) is 4.88 Å². The summed E-state index contributed by atoms with van der Waals surface area (Å²) >= 11 is 3.53. The molecule has 5 nitrogen and oxygen atoms in total. The van der Waals surface area contributed by atoms with Crippen molar-refractivity contribution in [3.05, 3.63) is 40.2 Å². The fourth-order valence-corrected chi connectivity index (χ4v) is 4.80. The minimum Gasteiger partial charge on any atom is -0.367 e. The largest absolute Gasteiger partial charge is 0.367 e. The van der Waals surface area contributed by atoms with Crippen molar-refractivity contribution in [2.45, 2.75) is 6.04 Å². The van der Waals surface area contributed by atoms with Crippen LogP contribution in [0, 0.1) is 0 Å². The second-order valence-corrected chi connectivity index (χ2v) is 8.00.